The first-order chi connectivity index (χ1) is 8.54. The third-order valence-electron chi connectivity index (χ3n) is 3.26. The summed E-state index contributed by atoms with van der Waals surface area (Å²) in [6.07, 6.45) is 0. The Morgan fingerprint density at radius 2 is 2.44 bits per heavy atom. The minimum absolute atomic E-state index is 0.00333. The summed E-state index contributed by atoms with van der Waals surface area (Å²) in [5, 5.41) is 1.92. The molecule has 1 amide bonds. The molecular weight excluding hydrogens is 250 g/mol. The van der Waals surface area contributed by atoms with Gasteiger partial charge in [-0.15, -0.1) is 11.3 Å². The van der Waals surface area contributed by atoms with E-state index in [-0.39, 0.29) is 11.4 Å². The van der Waals surface area contributed by atoms with Crippen LogP contribution >= 0.6 is 11.3 Å². The maximum absolute atomic E-state index is 11.6. The van der Waals surface area contributed by atoms with Gasteiger partial charge in [0.1, 0.15) is 0 Å². The van der Waals surface area contributed by atoms with Crippen LogP contribution in [-0.2, 0) is 11.3 Å². The van der Waals surface area contributed by atoms with E-state index in [1.165, 1.54) is 11.3 Å². The van der Waals surface area contributed by atoms with Gasteiger partial charge in [-0.25, -0.2) is 5.84 Å². The molecule has 0 aliphatic carbocycles. The highest BCUT2D eigenvalue weighted by Gasteiger charge is 2.31. The zero-order chi connectivity index (χ0) is 13.2. The van der Waals surface area contributed by atoms with Gasteiger partial charge in [0.25, 0.3) is 5.91 Å². The van der Waals surface area contributed by atoms with Crippen molar-refractivity contribution in [3.05, 3.63) is 21.9 Å². The van der Waals surface area contributed by atoms with Gasteiger partial charge in [-0.05, 0) is 30.9 Å². The number of amides is 1. The normalized spacial score (nSPS) is 19.7. The first-order valence-corrected chi connectivity index (χ1v) is 6.82. The van der Waals surface area contributed by atoms with E-state index in [1.54, 1.807) is 0 Å². The number of ether oxygens (including phenoxy) is 1. The van der Waals surface area contributed by atoms with Crippen LogP contribution in [0.15, 0.2) is 11.4 Å². The third-order valence-corrected chi connectivity index (χ3v) is 4.22. The van der Waals surface area contributed by atoms with Crippen molar-refractivity contribution in [3.63, 3.8) is 0 Å². The predicted octanol–water partition coefficient (Wildman–Crippen LogP) is 0.962. The lowest BCUT2D eigenvalue weighted by atomic mass is 10.0. The number of nitrogens with two attached hydrogens (primary N) is 1. The molecule has 1 saturated heterocycles. The van der Waals surface area contributed by atoms with Crippen LogP contribution in [0.2, 0.25) is 0 Å². The fourth-order valence-electron chi connectivity index (χ4n) is 2.11. The molecule has 0 bridgehead atoms. The number of carbonyl (C=O) groups is 1. The molecule has 2 heterocycles. The summed E-state index contributed by atoms with van der Waals surface area (Å²) in [4.78, 5) is 14.7. The molecule has 6 heteroatoms. The number of morpholine rings is 1. The van der Waals surface area contributed by atoms with Crippen LogP contribution in [-0.4, -0.2) is 36.1 Å². The average molecular weight is 269 g/mol. The number of hydrogen-bond acceptors (Lipinski definition) is 5. The Labute approximate surface area is 111 Å². The second kappa shape index (κ2) is 5.36. The number of hydrazine groups is 1. The SMILES string of the molecule is CC1(C)COCCN1Cc1ccsc1C(=O)NN. The van der Waals surface area contributed by atoms with Crippen molar-refractivity contribution >= 4 is 17.2 Å². The van der Waals surface area contributed by atoms with Crippen LogP contribution in [0.1, 0.15) is 29.1 Å². The standard InChI is InChI=1S/C12H19N3O2S/c1-12(2)8-17-5-4-15(12)7-9-3-6-18-10(9)11(16)14-13/h3,6H,4-5,7-8,13H2,1-2H3,(H,14,16). The van der Waals surface area contributed by atoms with Crippen molar-refractivity contribution < 1.29 is 9.53 Å². The highest BCUT2D eigenvalue weighted by molar-refractivity contribution is 7.12. The van der Waals surface area contributed by atoms with Gasteiger partial charge in [0.15, 0.2) is 0 Å². The smallest absolute Gasteiger partial charge is 0.275 e. The zero-order valence-electron chi connectivity index (χ0n) is 10.7. The highest BCUT2D eigenvalue weighted by Crippen LogP contribution is 2.25. The molecule has 3 N–H and O–H groups in total. The van der Waals surface area contributed by atoms with E-state index in [4.69, 9.17) is 10.6 Å². The van der Waals surface area contributed by atoms with Gasteiger partial charge < -0.3 is 4.74 Å². The van der Waals surface area contributed by atoms with Crippen LogP contribution in [0.5, 0.6) is 0 Å². The zero-order valence-corrected chi connectivity index (χ0v) is 11.5. The summed E-state index contributed by atoms with van der Waals surface area (Å²) in [6, 6.07) is 1.99. The first-order valence-electron chi connectivity index (χ1n) is 5.95. The summed E-state index contributed by atoms with van der Waals surface area (Å²) in [5.74, 6) is 4.98. The molecule has 5 nitrogen and oxygen atoms in total. The number of rotatable bonds is 3. The molecule has 0 saturated carbocycles. The van der Waals surface area contributed by atoms with Gasteiger partial charge in [-0.2, -0.15) is 0 Å². The molecule has 1 fully saturated rings. The van der Waals surface area contributed by atoms with Crippen LogP contribution < -0.4 is 11.3 Å². The Morgan fingerprint density at radius 3 is 3.11 bits per heavy atom. The monoisotopic (exact) mass is 269 g/mol. The van der Waals surface area contributed by atoms with E-state index >= 15 is 0 Å². The Hall–Kier alpha value is -0.950. The van der Waals surface area contributed by atoms with E-state index in [0.717, 1.165) is 31.9 Å². The molecule has 1 aromatic heterocycles. The maximum Gasteiger partial charge on any atom is 0.275 e. The summed E-state index contributed by atoms with van der Waals surface area (Å²) >= 11 is 1.42. The Kier molecular flexibility index (Phi) is 4.01. The Bertz CT molecular complexity index is 431. The second-order valence-electron chi connectivity index (χ2n) is 5.04. The minimum atomic E-state index is -0.217. The van der Waals surface area contributed by atoms with Crippen LogP contribution in [0.25, 0.3) is 0 Å². The number of carbonyl (C=O) groups excluding carboxylic acids is 1. The second-order valence-corrected chi connectivity index (χ2v) is 5.95. The van der Waals surface area contributed by atoms with Crippen molar-refractivity contribution in [2.45, 2.75) is 25.9 Å². The molecule has 1 aliphatic heterocycles. The van der Waals surface area contributed by atoms with E-state index in [2.05, 4.69) is 24.2 Å². The lowest BCUT2D eigenvalue weighted by molar-refractivity contribution is -0.0552. The van der Waals surface area contributed by atoms with Crippen molar-refractivity contribution in [2.24, 2.45) is 5.84 Å². The maximum atomic E-state index is 11.6. The van der Waals surface area contributed by atoms with Gasteiger partial charge in [-0.1, -0.05) is 0 Å². The predicted molar refractivity (Wildman–Crippen MR) is 71.3 cm³/mol. The lowest BCUT2D eigenvalue weighted by Gasteiger charge is -2.42. The molecule has 0 atom stereocenters. The van der Waals surface area contributed by atoms with Gasteiger partial charge in [-0.3, -0.25) is 15.1 Å². The third kappa shape index (κ3) is 2.72. The number of thiophene rings is 1. The van der Waals surface area contributed by atoms with E-state index in [9.17, 15) is 4.79 Å². The molecule has 1 aliphatic rings. The summed E-state index contributed by atoms with van der Waals surface area (Å²) in [6.45, 7) is 7.40. The molecule has 0 aromatic carbocycles. The van der Waals surface area contributed by atoms with E-state index in [1.807, 2.05) is 11.4 Å². The fourth-order valence-corrected chi connectivity index (χ4v) is 2.93. The van der Waals surface area contributed by atoms with Crippen molar-refractivity contribution in [1.82, 2.24) is 10.3 Å². The lowest BCUT2D eigenvalue weighted by Crippen LogP contribution is -2.52. The molecule has 1 aromatic rings. The van der Waals surface area contributed by atoms with Crippen LogP contribution in [0, 0.1) is 0 Å². The average Bonchev–Trinajstić information content (AvgIpc) is 2.79. The first kappa shape index (κ1) is 13.5. The fraction of sp³-hybridized carbons (Fsp3) is 0.583. The van der Waals surface area contributed by atoms with E-state index < -0.39 is 0 Å². The molecule has 0 spiro atoms. The summed E-state index contributed by atoms with van der Waals surface area (Å²) < 4.78 is 5.49. The highest BCUT2D eigenvalue weighted by atomic mass is 32.1. The van der Waals surface area contributed by atoms with Crippen molar-refractivity contribution in [3.8, 4) is 0 Å². The summed E-state index contributed by atoms with van der Waals surface area (Å²) in [5.41, 5.74) is 3.22. The van der Waals surface area contributed by atoms with Crippen molar-refractivity contribution in [1.29, 1.82) is 0 Å². The number of nitrogens with zero attached hydrogens (tertiary/aromatic N) is 1. The molecule has 2 rings (SSSR count). The van der Waals surface area contributed by atoms with E-state index in [0.29, 0.717) is 4.88 Å². The quantitative estimate of drug-likeness (QED) is 0.487. The van der Waals surface area contributed by atoms with Gasteiger partial charge >= 0.3 is 0 Å². The Morgan fingerprint density at radius 1 is 1.67 bits per heavy atom. The van der Waals surface area contributed by atoms with Crippen LogP contribution in [0.4, 0.5) is 0 Å². The molecular formula is C12H19N3O2S. The number of nitrogen functional groups attached to an aromatic ring is 1. The van der Waals surface area contributed by atoms with Gasteiger partial charge in [0.05, 0.1) is 18.1 Å². The topological polar surface area (TPSA) is 67.6 Å². The van der Waals surface area contributed by atoms with Crippen LogP contribution in [0.3, 0.4) is 0 Å². The molecule has 100 valence electrons. The van der Waals surface area contributed by atoms with Crippen molar-refractivity contribution in [2.75, 3.05) is 19.8 Å². The largest absolute Gasteiger partial charge is 0.378 e. The number of nitrogens with one attached hydrogen (secondary N) is 1. The molecule has 0 radical (unpaired) electrons. The molecule has 18 heavy (non-hydrogen) atoms. The minimum Gasteiger partial charge on any atom is -0.378 e. The van der Waals surface area contributed by atoms with Gasteiger partial charge in [0.2, 0.25) is 0 Å². The summed E-state index contributed by atoms with van der Waals surface area (Å²) in [7, 11) is 0. The van der Waals surface area contributed by atoms with Gasteiger partial charge in [0, 0.05) is 18.6 Å². The molecule has 0 unspecified atom stereocenters. The Balaban J connectivity index is 2.14. The number of hydrogen-bond donors (Lipinski definition) is 2.